The van der Waals surface area contributed by atoms with E-state index in [9.17, 15) is 21.6 Å². The third kappa shape index (κ3) is 3.57. The third-order valence-corrected chi connectivity index (χ3v) is 4.59. The molecule has 0 spiro atoms. The summed E-state index contributed by atoms with van der Waals surface area (Å²) in [5.41, 5.74) is -1.67. The summed E-state index contributed by atoms with van der Waals surface area (Å²) < 4.78 is 65.4. The van der Waals surface area contributed by atoms with E-state index in [2.05, 4.69) is 0 Å². The quantitative estimate of drug-likeness (QED) is 0.898. The Morgan fingerprint density at radius 3 is 2.35 bits per heavy atom. The Labute approximate surface area is 135 Å². The smallest absolute Gasteiger partial charge is 0.278 e. The lowest BCUT2D eigenvalue weighted by atomic mass is 10.2. The van der Waals surface area contributed by atoms with Crippen LogP contribution in [0.5, 0.6) is 0 Å². The first-order valence-corrected chi connectivity index (χ1v) is 7.90. The summed E-state index contributed by atoms with van der Waals surface area (Å²) in [6.45, 7) is 0. The minimum atomic E-state index is -4.84. The molecule has 0 aliphatic rings. The van der Waals surface area contributed by atoms with Crippen molar-refractivity contribution in [2.45, 2.75) is 11.1 Å². The van der Waals surface area contributed by atoms with Gasteiger partial charge in [-0.15, -0.1) is 0 Å². The zero-order valence-corrected chi connectivity index (χ0v) is 12.8. The summed E-state index contributed by atoms with van der Waals surface area (Å²) >= 11 is 5.77. The van der Waals surface area contributed by atoms with Gasteiger partial charge in [-0.1, -0.05) is 29.8 Å². The number of hydrogen-bond donors (Lipinski definition) is 1. The molecule has 0 saturated heterocycles. The van der Waals surface area contributed by atoms with Crippen molar-refractivity contribution in [1.82, 2.24) is 0 Å². The van der Waals surface area contributed by atoms with Crippen molar-refractivity contribution < 1.29 is 21.6 Å². The highest BCUT2D eigenvalue weighted by molar-refractivity contribution is 7.92. The van der Waals surface area contributed by atoms with Crippen LogP contribution >= 0.6 is 11.6 Å². The van der Waals surface area contributed by atoms with Gasteiger partial charge >= 0.3 is 6.18 Å². The number of anilines is 1. The molecule has 0 atom stereocenters. The molecule has 1 N–H and O–H groups in total. The van der Waals surface area contributed by atoms with Crippen molar-refractivity contribution in [3.05, 3.63) is 58.6 Å². The molecule has 0 bridgehead atoms. The Hall–Kier alpha value is -2.24. The molecule has 23 heavy (non-hydrogen) atoms. The van der Waals surface area contributed by atoms with Gasteiger partial charge in [0.25, 0.3) is 10.0 Å². The molecular formula is C14H8ClF3N2O2S. The molecule has 0 radical (unpaired) electrons. The summed E-state index contributed by atoms with van der Waals surface area (Å²) in [6.07, 6.45) is -4.84. The van der Waals surface area contributed by atoms with E-state index in [0.717, 1.165) is 12.1 Å². The maximum absolute atomic E-state index is 13.0. The fraction of sp³-hybridized carbons (Fsp3) is 0.0714. The molecule has 0 unspecified atom stereocenters. The Bertz CT molecular complexity index is 890. The van der Waals surface area contributed by atoms with E-state index >= 15 is 0 Å². The van der Waals surface area contributed by atoms with Gasteiger partial charge in [-0.2, -0.15) is 18.4 Å². The molecule has 0 aliphatic heterocycles. The summed E-state index contributed by atoms with van der Waals surface area (Å²) in [5, 5.41) is 8.98. The monoisotopic (exact) mass is 360 g/mol. The van der Waals surface area contributed by atoms with E-state index in [0.29, 0.717) is 6.07 Å². The second-order valence-corrected chi connectivity index (χ2v) is 6.43. The van der Waals surface area contributed by atoms with Crippen molar-refractivity contribution in [3.63, 3.8) is 0 Å². The third-order valence-electron chi connectivity index (χ3n) is 2.85. The van der Waals surface area contributed by atoms with Crippen molar-refractivity contribution in [1.29, 1.82) is 5.26 Å². The van der Waals surface area contributed by atoms with Crippen molar-refractivity contribution in [3.8, 4) is 6.07 Å². The van der Waals surface area contributed by atoms with E-state index in [-0.39, 0.29) is 16.3 Å². The molecule has 0 saturated carbocycles. The normalized spacial score (nSPS) is 11.8. The molecule has 120 valence electrons. The maximum Gasteiger partial charge on any atom is 0.417 e. The van der Waals surface area contributed by atoms with Crippen molar-refractivity contribution >= 4 is 27.3 Å². The van der Waals surface area contributed by atoms with E-state index in [1.165, 1.54) is 24.3 Å². The zero-order chi connectivity index (χ0) is 17.3. The Morgan fingerprint density at radius 2 is 1.74 bits per heavy atom. The van der Waals surface area contributed by atoms with Gasteiger partial charge in [0, 0.05) is 0 Å². The Balaban J connectivity index is 2.55. The topological polar surface area (TPSA) is 70.0 Å². The molecule has 0 heterocycles. The molecule has 2 aromatic rings. The highest BCUT2D eigenvalue weighted by Gasteiger charge is 2.37. The van der Waals surface area contributed by atoms with Gasteiger partial charge in [0.15, 0.2) is 0 Å². The number of hydrogen-bond acceptors (Lipinski definition) is 3. The molecule has 2 aromatic carbocycles. The van der Waals surface area contributed by atoms with Crippen LogP contribution in [-0.4, -0.2) is 8.42 Å². The van der Waals surface area contributed by atoms with Gasteiger partial charge in [-0.05, 0) is 24.3 Å². The van der Waals surface area contributed by atoms with Crippen LogP contribution in [0.3, 0.4) is 0 Å². The largest absolute Gasteiger partial charge is 0.417 e. The molecule has 0 fully saturated rings. The van der Waals surface area contributed by atoms with Crippen LogP contribution in [0.25, 0.3) is 0 Å². The zero-order valence-electron chi connectivity index (χ0n) is 11.2. The molecular weight excluding hydrogens is 353 g/mol. The summed E-state index contributed by atoms with van der Waals surface area (Å²) in [4.78, 5) is -0.934. The van der Waals surface area contributed by atoms with Crippen LogP contribution in [0.15, 0.2) is 47.4 Å². The van der Waals surface area contributed by atoms with Crippen LogP contribution in [-0.2, 0) is 16.2 Å². The number of halogens is 4. The number of alkyl halides is 3. The molecule has 0 aromatic heterocycles. The van der Waals surface area contributed by atoms with E-state index < -0.39 is 26.7 Å². The Kier molecular flexibility index (Phi) is 4.54. The average molecular weight is 361 g/mol. The first kappa shape index (κ1) is 17.1. The van der Waals surface area contributed by atoms with Crippen LogP contribution in [0.1, 0.15) is 11.1 Å². The summed E-state index contributed by atoms with van der Waals surface area (Å²) in [6, 6.07) is 9.43. The van der Waals surface area contributed by atoms with Gasteiger partial charge in [-0.25, -0.2) is 8.42 Å². The number of nitrogens with zero attached hydrogens (tertiary/aromatic N) is 1. The predicted molar refractivity (Wildman–Crippen MR) is 78.4 cm³/mol. The van der Waals surface area contributed by atoms with Gasteiger partial charge < -0.3 is 0 Å². The minimum Gasteiger partial charge on any atom is -0.278 e. The number of nitriles is 1. The molecule has 0 amide bonds. The standard InChI is InChI=1S/C14H8ClF3N2O2S/c15-11-5-3-6-12(9(11)8-19)20-23(21,22)13-7-2-1-4-10(13)14(16,17)18/h1-7,20H. The number of sulfonamides is 1. The van der Waals surface area contributed by atoms with Gasteiger partial charge in [0.2, 0.25) is 0 Å². The molecule has 4 nitrogen and oxygen atoms in total. The lowest BCUT2D eigenvalue weighted by Crippen LogP contribution is -2.19. The first-order valence-electron chi connectivity index (χ1n) is 6.04. The Morgan fingerprint density at radius 1 is 1.09 bits per heavy atom. The van der Waals surface area contributed by atoms with E-state index in [1.807, 2.05) is 4.72 Å². The maximum atomic E-state index is 13.0. The average Bonchev–Trinajstić information content (AvgIpc) is 2.46. The highest BCUT2D eigenvalue weighted by Crippen LogP contribution is 2.35. The van der Waals surface area contributed by atoms with Gasteiger partial charge in [0.1, 0.15) is 6.07 Å². The highest BCUT2D eigenvalue weighted by atomic mass is 35.5. The van der Waals surface area contributed by atoms with Crippen LogP contribution in [0.4, 0.5) is 18.9 Å². The second kappa shape index (κ2) is 6.10. The van der Waals surface area contributed by atoms with E-state index in [4.69, 9.17) is 16.9 Å². The molecule has 9 heteroatoms. The number of rotatable bonds is 3. The summed E-state index contributed by atoms with van der Waals surface area (Å²) in [5.74, 6) is 0. The van der Waals surface area contributed by atoms with Gasteiger partial charge in [0.05, 0.1) is 26.7 Å². The second-order valence-electron chi connectivity index (χ2n) is 4.37. The predicted octanol–water partition coefficient (Wildman–Crippen LogP) is 4.03. The van der Waals surface area contributed by atoms with Gasteiger partial charge in [-0.3, -0.25) is 4.72 Å². The lowest BCUT2D eigenvalue weighted by Gasteiger charge is -2.15. The summed E-state index contributed by atoms with van der Waals surface area (Å²) in [7, 11) is -4.56. The number of benzene rings is 2. The molecule has 0 aliphatic carbocycles. The van der Waals surface area contributed by atoms with Crippen molar-refractivity contribution in [2.75, 3.05) is 4.72 Å². The van der Waals surface area contributed by atoms with Crippen LogP contribution in [0.2, 0.25) is 5.02 Å². The fourth-order valence-electron chi connectivity index (χ4n) is 1.86. The minimum absolute atomic E-state index is 0.0168. The van der Waals surface area contributed by atoms with Crippen molar-refractivity contribution in [2.24, 2.45) is 0 Å². The first-order chi connectivity index (χ1) is 10.7. The number of nitrogens with one attached hydrogen (secondary N) is 1. The van der Waals surface area contributed by atoms with Crippen LogP contribution < -0.4 is 4.72 Å². The van der Waals surface area contributed by atoms with E-state index in [1.54, 1.807) is 6.07 Å². The molecule has 2 rings (SSSR count). The SMILES string of the molecule is N#Cc1c(Cl)cccc1NS(=O)(=O)c1ccccc1C(F)(F)F. The fourth-order valence-corrected chi connectivity index (χ4v) is 3.38. The lowest BCUT2D eigenvalue weighted by molar-refractivity contribution is -0.139. The van der Waals surface area contributed by atoms with Crippen LogP contribution in [0, 0.1) is 11.3 Å².